The zero-order chi connectivity index (χ0) is 24.5. The minimum atomic E-state index is -4.65. The molecule has 182 valence electrons. The van der Waals surface area contributed by atoms with E-state index in [1.165, 1.54) is 7.11 Å². The summed E-state index contributed by atoms with van der Waals surface area (Å²) < 4.78 is 70.4. The lowest BCUT2D eigenvalue weighted by atomic mass is 10.0. The van der Waals surface area contributed by atoms with Crippen LogP contribution < -0.4 is 14.8 Å². The molecule has 4 rings (SSSR count). The van der Waals surface area contributed by atoms with Gasteiger partial charge in [0, 0.05) is 18.1 Å². The highest BCUT2D eigenvalue weighted by molar-refractivity contribution is 5.92. The molecule has 34 heavy (non-hydrogen) atoms. The van der Waals surface area contributed by atoms with Crippen molar-refractivity contribution in [2.24, 2.45) is 0 Å². The van der Waals surface area contributed by atoms with Gasteiger partial charge < -0.3 is 19.5 Å². The van der Waals surface area contributed by atoms with Crippen LogP contribution in [0.2, 0.25) is 0 Å². The van der Waals surface area contributed by atoms with Crippen LogP contribution in [0.4, 0.5) is 23.4 Å². The number of halogens is 4. The average molecular weight is 479 g/mol. The Morgan fingerprint density at radius 1 is 1.15 bits per heavy atom. The van der Waals surface area contributed by atoms with E-state index in [1.807, 2.05) is 0 Å². The molecule has 3 aromatic rings. The second-order valence-corrected chi connectivity index (χ2v) is 8.22. The molecule has 2 atom stereocenters. The molecule has 2 aromatic carbocycles. The smallest absolute Gasteiger partial charge is 0.416 e. The minimum Gasteiger partial charge on any atom is -0.493 e. The number of nitrogens with one attached hydrogen (secondary N) is 1. The van der Waals surface area contributed by atoms with Crippen LogP contribution in [0.5, 0.6) is 11.5 Å². The van der Waals surface area contributed by atoms with Gasteiger partial charge in [0.25, 0.3) is 0 Å². The Bertz CT molecular complexity index is 1180. The number of nitrogens with zero attached hydrogens (tertiary/aromatic N) is 2. The molecule has 0 aliphatic carbocycles. The van der Waals surface area contributed by atoms with E-state index in [9.17, 15) is 17.6 Å². The van der Waals surface area contributed by atoms with Crippen LogP contribution in [-0.4, -0.2) is 36.4 Å². The lowest BCUT2D eigenvalue weighted by Gasteiger charge is -2.20. The van der Waals surface area contributed by atoms with Gasteiger partial charge in [-0.15, -0.1) is 0 Å². The first-order chi connectivity index (χ1) is 16.1. The summed E-state index contributed by atoms with van der Waals surface area (Å²) in [6, 6.07) is 5.25. The summed E-state index contributed by atoms with van der Waals surface area (Å²) in [6.45, 7) is 4.40. The Morgan fingerprint density at radius 3 is 2.62 bits per heavy atom. The summed E-state index contributed by atoms with van der Waals surface area (Å²) in [4.78, 5) is 8.88. The minimum absolute atomic E-state index is 0.00286. The molecule has 0 spiro atoms. The molecule has 0 amide bonds. The fraction of sp³-hybridized carbons (Fsp3) is 0.417. The first-order valence-corrected chi connectivity index (χ1v) is 10.9. The van der Waals surface area contributed by atoms with Crippen molar-refractivity contribution in [1.29, 1.82) is 0 Å². The van der Waals surface area contributed by atoms with Crippen LogP contribution in [0.15, 0.2) is 30.3 Å². The van der Waals surface area contributed by atoms with Crippen molar-refractivity contribution in [3.63, 3.8) is 0 Å². The fourth-order valence-electron chi connectivity index (χ4n) is 3.91. The predicted octanol–water partition coefficient (Wildman–Crippen LogP) is 5.84. The van der Waals surface area contributed by atoms with E-state index in [4.69, 9.17) is 14.2 Å². The largest absolute Gasteiger partial charge is 0.493 e. The molecular formula is C24H25F4N3O3. The summed E-state index contributed by atoms with van der Waals surface area (Å²) in [5.74, 6) is 0.836. The maximum atomic E-state index is 13.9. The maximum absolute atomic E-state index is 13.9. The predicted molar refractivity (Wildman–Crippen MR) is 119 cm³/mol. The summed E-state index contributed by atoms with van der Waals surface area (Å²) in [7, 11) is 1.53. The van der Waals surface area contributed by atoms with E-state index in [1.54, 1.807) is 26.0 Å². The molecule has 0 radical (unpaired) electrons. The van der Waals surface area contributed by atoms with Crippen LogP contribution in [0.25, 0.3) is 10.9 Å². The molecule has 6 nitrogen and oxygen atoms in total. The molecule has 1 saturated heterocycles. The molecule has 0 bridgehead atoms. The number of aromatic nitrogens is 2. The van der Waals surface area contributed by atoms with E-state index in [-0.39, 0.29) is 11.7 Å². The Labute approximate surface area is 194 Å². The van der Waals surface area contributed by atoms with Crippen LogP contribution >= 0.6 is 0 Å². The third-order valence-electron chi connectivity index (χ3n) is 5.64. The SMILES string of the molecule is COc1cc2nc(C)nc(N[C@H](C)c3cc(F)cc(C(F)(F)F)c3)c2cc1OC[C@@H]1CCCO1. The van der Waals surface area contributed by atoms with Gasteiger partial charge in [0.1, 0.15) is 24.1 Å². The molecular weight excluding hydrogens is 454 g/mol. The number of alkyl halides is 3. The van der Waals surface area contributed by atoms with Gasteiger partial charge in [0.15, 0.2) is 11.5 Å². The van der Waals surface area contributed by atoms with Crippen molar-refractivity contribution in [3.05, 3.63) is 53.1 Å². The lowest BCUT2D eigenvalue weighted by molar-refractivity contribution is -0.137. The van der Waals surface area contributed by atoms with Crippen molar-refractivity contribution in [1.82, 2.24) is 9.97 Å². The Kier molecular flexibility index (Phi) is 6.79. The van der Waals surface area contributed by atoms with Crippen molar-refractivity contribution >= 4 is 16.7 Å². The number of ether oxygens (including phenoxy) is 3. The van der Waals surface area contributed by atoms with Crippen molar-refractivity contribution < 1.29 is 31.8 Å². The van der Waals surface area contributed by atoms with Gasteiger partial charge in [-0.25, -0.2) is 14.4 Å². The van der Waals surface area contributed by atoms with Crippen LogP contribution in [0, 0.1) is 12.7 Å². The maximum Gasteiger partial charge on any atom is 0.416 e. The average Bonchev–Trinajstić information content (AvgIpc) is 3.29. The van der Waals surface area contributed by atoms with Crippen molar-refractivity contribution in [2.45, 2.75) is 45.0 Å². The molecule has 1 aromatic heterocycles. The number of aryl methyl sites for hydroxylation is 1. The number of rotatable bonds is 7. The van der Waals surface area contributed by atoms with Gasteiger partial charge in [-0.2, -0.15) is 13.2 Å². The highest BCUT2D eigenvalue weighted by Gasteiger charge is 2.32. The number of anilines is 1. The van der Waals surface area contributed by atoms with Crippen LogP contribution in [0.1, 0.15) is 42.8 Å². The molecule has 1 fully saturated rings. The lowest BCUT2D eigenvalue weighted by Crippen LogP contribution is -2.16. The third kappa shape index (κ3) is 5.32. The van der Waals surface area contributed by atoms with E-state index in [0.717, 1.165) is 25.0 Å². The second kappa shape index (κ2) is 9.61. The van der Waals surface area contributed by atoms with Gasteiger partial charge in [0.2, 0.25) is 0 Å². The van der Waals surface area contributed by atoms with Gasteiger partial charge in [0.05, 0.1) is 30.3 Å². The first kappa shape index (κ1) is 24.0. The second-order valence-electron chi connectivity index (χ2n) is 8.22. The summed E-state index contributed by atoms with van der Waals surface area (Å²) in [5.41, 5.74) is -0.340. The molecule has 2 heterocycles. The molecule has 0 saturated carbocycles. The quantitative estimate of drug-likeness (QED) is 0.430. The molecule has 1 aliphatic heterocycles. The number of hydrogen-bond acceptors (Lipinski definition) is 6. The van der Waals surface area contributed by atoms with Gasteiger partial charge in [-0.05, 0) is 56.5 Å². The summed E-state index contributed by atoms with van der Waals surface area (Å²) >= 11 is 0. The zero-order valence-electron chi connectivity index (χ0n) is 19.0. The van der Waals surface area contributed by atoms with Crippen LogP contribution in [0.3, 0.4) is 0 Å². The fourth-order valence-corrected chi connectivity index (χ4v) is 3.91. The van der Waals surface area contributed by atoms with E-state index in [2.05, 4.69) is 15.3 Å². The molecule has 1 N–H and O–H groups in total. The number of fused-ring (bicyclic) bond motifs is 1. The number of methoxy groups -OCH3 is 1. The van der Waals surface area contributed by atoms with Gasteiger partial charge in [-0.3, -0.25) is 0 Å². The monoisotopic (exact) mass is 479 g/mol. The Morgan fingerprint density at radius 2 is 1.94 bits per heavy atom. The Balaban J connectivity index is 1.67. The molecule has 10 heteroatoms. The van der Waals surface area contributed by atoms with E-state index < -0.39 is 23.6 Å². The van der Waals surface area contributed by atoms with Gasteiger partial charge in [-0.1, -0.05) is 0 Å². The van der Waals surface area contributed by atoms with Crippen molar-refractivity contribution in [2.75, 3.05) is 25.6 Å². The molecule has 1 aliphatic rings. The first-order valence-electron chi connectivity index (χ1n) is 10.9. The number of hydrogen-bond donors (Lipinski definition) is 1. The van der Waals surface area contributed by atoms with Crippen LogP contribution in [-0.2, 0) is 10.9 Å². The Hall–Kier alpha value is -3.14. The highest BCUT2D eigenvalue weighted by atomic mass is 19.4. The topological polar surface area (TPSA) is 65.5 Å². The summed E-state index contributed by atoms with van der Waals surface area (Å²) in [6.07, 6.45) is -2.75. The van der Waals surface area contributed by atoms with Gasteiger partial charge >= 0.3 is 6.18 Å². The standard InChI is InChI=1S/C24H25F4N3O3/c1-13(15-7-16(24(26,27)28)9-17(25)8-15)29-23-19-10-22(34-12-18-5-4-6-33-18)21(32-3)11-20(19)30-14(2)31-23/h7-11,13,18H,4-6,12H2,1-3H3,(H,29,30,31)/t13-,18+/m1/s1. The molecule has 0 unspecified atom stereocenters. The van der Waals surface area contributed by atoms with E-state index in [0.29, 0.717) is 53.3 Å². The number of benzene rings is 2. The highest BCUT2D eigenvalue weighted by Crippen LogP contribution is 2.36. The normalized spacial score (nSPS) is 17.1. The summed E-state index contributed by atoms with van der Waals surface area (Å²) in [5, 5.41) is 3.69. The zero-order valence-corrected chi connectivity index (χ0v) is 19.0. The van der Waals surface area contributed by atoms with E-state index >= 15 is 0 Å². The van der Waals surface area contributed by atoms with Crippen molar-refractivity contribution in [3.8, 4) is 11.5 Å². The third-order valence-corrected chi connectivity index (χ3v) is 5.64.